The van der Waals surface area contributed by atoms with Crippen LogP contribution in [0, 0.1) is 0 Å². The van der Waals surface area contributed by atoms with Gasteiger partial charge in [-0.05, 0) is 18.9 Å². The number of aromatic nitrogens is 1. The van der Waals surface area contributed by atoms with Crippen LogP contribution in [-0.2, 0) is 17.1 Å². The minimum Gasteiger partial charge on any atom is -0.393 e. The van der Waals surface area contributed by atoms with Gasteiger partial charge < -0.3 is 15.4 Å². The number of amides is 1. The van der Waals surface area contributed by atoms with E-state index in [1.807, 2.05) is 0 Å². The highest BCUT2D eigenvalue weighted by molar-refractivity contribution is 7.89. The second kappa shape index (κ2) is 4.38. The van der Waals surface area contributed by atoms with Crippen LogP contribution in [0.15, 0.2) is 17.2 Å². The smallest absolute Gasteiger partial charge is 0.265 e. The van der Waals surface area contributed by atoms with Crippen molar-refractivity contribution in [2.24, 2.45) is 12.8 Å². The minimum absolute atomic E-state index is 0.000176. The number of carbonyl (C=O) groups is 1. The molecule has 100 valence electrons. The quantitative estimate of drug-likeness (QED) is 0.647. The first-order valence-electron chi connectivity index (χ1n) is 5.46. The number of rotatable bonds is 4. The molecule has 1 aromatic heterocycles. The van der Waals surface area contributed by atoms with E-state index in [4.69, 9.17) is 10.8 Å². The SMILES string of the molecule is Cn1cc(S(=O)(=O)NC2CC(O)C2)cc1C(N)=O. The van der Waals surface area contributed by atoms with Crippen LogP contribution in [0.5, 0.6) is 0 Å². The number of hydrogen-bond acceptors (Lipinski definition) is 4. The van der Waals surface area contributed by atoms with Crippen LogP contribution in [-0.4, -0.2) is 36.1 Å². The molecule has 0 aromatic carbocycles. The summed E-state index contributed by atoms with van der Waals surface area (Å²) in [6.45, 7) is 0. The van der Waals surface area contributed by atoms with Crippen molar-refractivity contribution in [3.63, 3.8) is 0 Å². The lowest BCUT2D eigenvalue weighted by molar-refractivity contribution is 0.0712. The Balaban J connectivity index is 2.19. The van der Waals surface area contributed by atoms with Crippen molar-refractivity contribution >= 4 is 15.9 Å². The topological polar surface area (TPSA) is 114 Å². The van der Waals surface area contributed by atoms with Crippen LogP contribution >= 0.6 is 0 Å². The zero-order chi connectivity index (χ0) is 13.5. The Labute approximate surface area is 105 Å². The average molecular weight is 273 g/mol. The van der Waals surface area contributed by atoms with E-state index in [0.29, 0.717) is 12.8 Å². The lowest BCUT2D eigenvalue weighted by Crippen LogP contribution is -2.46. The molecule has 2 rings (SSSR count). The van der Waals surface area contributed by atoms with Gasteiger partial charge in [0.15, 0.2) is 0 Å². The fraction of sp³-hybridized carbons (Fsp3) is 0.500. The summed E-state index contributed by atoms with van der Waals surface area (Å²) in [5, 5.41) is 9.11. The van der Waals surface area contributed by atoms with Gasteiger partial charge in [0, 0.05) is 19.3 Å². The molecule has 0 spiro atoms. The highest BCUT2D eigenvalue weighted by Gasteiger charge is 2.32. The summed E-state index contributed by atoms with van der Waals surface area (Å²) in [5.41, 5.74) is 5.25. The maximum absolute atomic E-state index is 12.0. The number of hydrogen-bond donors (Lipinski definition) is 3. The van der Waals surface area contributed by atoms with Gasteiger partial charge in [-0.2, -0.15) is 0 Å². The molecule has 1 amide bonds. The van der Waals surface area contributed by atoms with Gasteiger partial charge in [-0.25, -0.2) is 13.1 Å². The Bertz CT molecular complexity index is 572. The molecule has 0 radical (unpaired) electrons. The number of aryl methyl sites for hydroxylation is 1. The molecule has 1 saturated carbocycles. The number of carbonyl (C=O) groups excluding carboxylic acids is 1. The van der Waals surface area contributed by atoms with E-state index >= 15 is 0 Å². The van der Waals surface area contributed by atoms with Crippen LogP contribution in [0.4, 0.5) is 0 Å². The molecule has 4 N–H and O–H groups in total. The molecule has 0 unspecified atom stereocenters. The van der Waals surface area contributed by atoms with Gasteiger partial charge in [0.25, 0.3) is 5.91 Å². The Morgan fingerprint density at radius 2 is 2.17 bits per heavy atom. The second-order valence-electron chi connectivity index (χ2n) is 4.48. The fourth-order valence-electron chi connectivity index (χ4n) is 1.90. The Kier molecular flexibility index (Phi) is 3.18. The highest BCUT2D eigenvalue weighted by atomic mass is 32.2. The van der Waals surface area contributed by atoms with E-state index in [2.05, 4.69) is 4.72 Å². The zero-order valence-electron chi connectivity index (χ0n) is 9.83. The van der Waals surface area contributed by atoms with Gasteiger partial charge in [-0.3, -0.25) is 4.79 Å². The third-order valence-corrected chi connectivity index (χ3v) is 4.47. The van der Waals surface area contributed by atoms with Crippen molar-refractivity contribution in [3.05, 3.63) is 18.0 Å². The molecule has 18 heavy (non-hydrogen) atoms. The molecule has 1 heterocycles. The summed E-state index contributed by atoms with van der Waals surface area (Å²) in [4.78, 5) is 11.0. The molecule has 1 aromatic rings. The number of aliphatic hydroxyl groups is 1. The lowest BCUT2D eigenvalue weighted by atomic mass is 9.91. The average Bonchev–Trinajstić information content (AvgIpc) is 2.58. The first kappa shape index (κ1) is 13.1. The van der Waals surface area contributed by atoms with Crippen molar-refractivity contribution in [2.75, 3.05) is 0 Å². The van der Waals surface area contributed by atoms with Gasteiger partial charge in [-0.1, -0.05) is 0 Å². The number of aliphatic hydroxyl groups excluding tert-OH is 1. The van der Waals surface area contributed by atoms with Gasteiger partial charge in [0.05, 0.1) is 6.10 Å². The van der Waals surface area contributed by atoms with E-state index in [1.165, 1.54) is 16.8 Å². The summed E-state index contributed by atoms with van der Waals surface area (Å²) in [5.74, 6) is -0.682. The van der Waals surface area contributed by atoms with Gasteiger partial charge in [0.1, 0.15) is 10.6 Å². The molecule has 1 fully saturated rings. The van der Waals surface area contributed by atoms with Crippen LogP contribution in [0.25, 0.3) is 0 Å². The normalized spacial score (nSPS) is 23.7. The Morgan fingerprint density at radius 3 is 2.61 bits per heavy atom. The molecule has 0 bridgehead atoms. The molecule has 0 aliphatic heterocycles. The molecule has 7 nitrogen and oxygen atoms in total. The van der Waals surface area contributed by atoms with E-state index in [-0.39, 0.29) is 16.6 Å². The van der Waals surface area contributed by atoms with Gasteiger partial charge >= 0.3 is 0 Å². The van der Waals surface area contributed by atoms with Crippen LogP contribution in [0.2, 0.25) is 0 Å². The van der Waals surface area contributed by atoms with Crippen molar-refractivity contribution in [3.8, 4) is 0 Å². The summed E-state index contributed by atoms with van der Waals surface area (Å²) in [6.07, 6.45) is 1.72. The Morgan fingerprint density at radius 1 is 1.56 bits per heavy atom. The monoisotopic (exact) mass is 273 g/mol. The summed E-state index contributed by atoms with van der Waals surface area (Å²) >= 11 is 0. The molecule has 0 atom stereocenters. The van der Waals surface area contributed by atoms with E-state index in [1.54, 1.807) is 7.05 Å². The first-order chi connectivity index (χ1) is 8.29. The number of nitrogens with one attached hydrogen (secondary N) is 1. The minimum atomic E-state index is -3.67. The molecular weight excluding hydrogens is 258 g/mol. The maximum atomic E-state index is 12.0. The summed E-state index contributed by atoms with van der Waals surface area (Å²) in [7, 11) is -2.12. The highest BCUT2D eigenvalue weighted by Crippen LogP contribution is 2.22. The lowest BCUT2D eigenvalue weighted by Gasteiger charge is -2.31. The predicted octanol–water partition coefficient (Wildman–Crippen LogP) is -1.07. The van der Waals surface area contributed by atoms with E-state index in [0.717, 1.165) is 0 Å². The molecule has 0 saturated heterocycles. The number of primary amides is 1. The van der Waals surface area contributed by atoms with Crippen molar-refractivity contribution < 1.29 is 18.3 Å². The number of sulfonamides is 1. The van der Waals surface area contributed by atoms with Crippen LogP contribution in [0.3, 0.4) is 0 Å². The van der Waals surface area contributed by atoms with Crippen LogP contribution in [0.1, 0.15) is 23.3 Å². The molecule has 1 aliphatic carbocycles. The largest absolute Gasteiger partial charge is 0.393 e. The van der Waals surface area contributed by atoms with Crippen molar-refractivity contribution in [1.29, 1.82) is 0 Å². The third kappa shape index (κ3) is 2.40. The zero-order valence-corrected chi connectivity index (χ0v) is 10.6. The van der Waals surface area contributed by atoms with Crippen LogP contribution < -0.4 is 10.5 Å². The standard InChI is InChI=1S/C10H15N3O4S/c1-13-5-8(4-9(13)10(11)15)18(16,17)12-6-2-7(14)3-6/h4-7,12,14H,2-3H2,1H3,(H2,11,15). The molecule has 1 aliphatic rings. The van der Waals surface area contributed by atoms with E-state index < -0.39 is 22.0 Å². The maximum Gasteiger partial charge on any atom is 0.265 e. The van der Waals surface area contributed by atoms with Gasteiger partial charge in [0.2, 0.25) is 10.0 Å². The third-order valence-electron chi connectivity index (χ3n) is 2.98. The van der Waals surface area contributed by atoms with Crippen molar-refractivity contribution in [1.82, 2.24) is 9.29 Å². The van der Waals surface area contributed by atoms with Crippen molar-refractivity contribution in [2.45, 2.75) is 29.9 Å². The summed E-state index contributed by atoms with van der Waals surface area (Å²) < 4.78 is 27.8. The number of nitrogens with two attached hydrogens (primary N) is 1. The summed E-state index contributed by atoms with van der Waals surface area (Å²) in [6, 6.07) is 0.988. The predicted molar refractivity (Wildman–Crippen MR) is 63.3 cm³/mol. The first-order valence-corrected chi connectivity index (χ1v) is 6.94. The Hall–Kier alpha value is -1.38. The fourth-order valence-corrected chi connectivity index (χ4v) is 3.23. The molecule has 8 heteroatoms. The second-order valence-corrected chi connectivity index (χ2v) is 6.19. The van der Waals surface area contributed by atoms with Gasteiger partial charge in [-0.15, -0.1) is 0 Å². The van der Waals surface area contributed by atoms with E-state index in [9.17, 15) is 13.2 Å². The molecular formula is C10H15N3O4S. The number of nitrogens with zero attached hydrogens (tertiary/aromatic N) is 1.